The monoisotopic (exact) mass is 298 g/mol. The number of hydrogen-bond donors (Lipinski definition) is 2. The highest BCUT2D eigenvalue weighted by Gasteiger charge is 2.19. The molecule has 0 fully saturated rings. The molecule has 0 aliphatic heterocycles. The van der Waals surface area contributed by atoms with Gasteiger partial charge in [-0.1, -0.05) is 0 Å². The van der Waals surface area contributed by atoms with Crippen LogP contribution in [0.15, 0.2) is 24.3 Å². The highest BCUT2D eigenvalue weighted by molar-refractivity contribution is 6.04. The topological polar surface area (TPSA) is 90.1 Å². The average molecular weight is 298 g/mol. The summed E-state index contributed by atoms with van der Waals surface area (Å²) >= 11 is 0. The predicted molar refractivity (Wildman–Crippen MR) is 84.0 cm³/mol. The normalized spacial score (nSPS) is 13.3. The van der Waals surface area contributed by atoms with Gasteiger partial charge in [0, 0.05) is 11.1 Å². The largest absolute Gasteiger partial charge is 0.497 e. The summed E-state index contributed by atoms with van der Waals surface area (Å²) in [6, 6.07) is 6.92. The number of nitrogens with two attached hydrogens (primary N) is 1. The Hall–Kier alpha value is -2.63. The first-order valence-electron chi connectivity index (χ1n) is 7.28. The van der Waals surface area contributed by atoms with E-state index in [0.29, 0.717) is 17.1 Å². The molecule has 1 aliphatic rings. The standard InChI is InChI=1S/C16H18N4O2/c1-22-11-8-6-10(7-9-11)15(21)19-14-12-4-2-3-5-13(12)18-16(17)20-14/h6-9H,2-5H2,1H3,(H3,17,18,19,20,21). The van der Waals surface area contributed by atoms with Crippen molar-refractivity contribution in [2.75, 3.05) is 18.2 Å². The lowest BCUT2D eigenvalue weighted by Gasteiger charge is -2.18. The van der Waals surface area contributed by atoms with E-state index >= 15 is 0 Å². The molecular weight excluding hydrogens is 280 g/mol. The van der Waals surface area contributed by atoms with Gasteiger partial charge in [0.2, 0.25) is 5.95 Å². The first-order chi connectivity index (χ1) is 10.7. The SMILES string of the molecule is COc1ccc(C(=O)Nc2nc(N)nc3c2CCCC3)cc1. The third-order valence-corrected chi connectivity index (χ3v) is 3.78. The Balaban J connectivity index is 1.85. The number of methoxy groups -OCH3 is 1. The Morgan fingerprint density at radius 3 is 2.64 bits per heavy atom. The number of carbonyl (C=O) groups is 1. The Labute approximate surface area is 128 Å². The molecule has 2 aromatic rings. The number of ether oxygens (including phenoxy) is 1. The van der Waals surface area contributed by atoms with E-state index in [1.165, 1.54) is 0 Å². The van der Waals surface area contributed by atoms with Crippen LogP contribution in [0.1, 0.15) is 34.5 Å². The van der Waals surface area contributed by atoms with Gasteiger partial charge in [0.15, 0.2) is 0 Å². The third kappa shape index (κ3) is 2.86. The molecule has 0 saturated carbocycles. The number of anilines is 2. The predicted octanol–water partition coefficient (Wildman–Crippen LogP) is 2.20. The van der Waals surface area contributed by atoms with Crippen molar-refractivity contribution in [2.45, 2.75) is 25.7 Å². The maximum atomic E-state index is 12.4. The molecule has 3 N–H and O–H groups in total. The second kappa shape index (κ2) is 6.01. The van der Waals surface area contributed by atoms with Crippen LogP contribution in [0.2, 0.25) is 0 Å². The number of aryl methyl sites for hydroxylation is 1. The van der Waals surface area contributed by atoms with Gasteiger partial charge in [-0.05, 0) is 49.9 Å². The van der Waals surface area contributed by atoms with Crippen LogP contribution in [0.25, 0.3) is 0 Å². The Morgan fingerprint density at radius 2 is 1.91 bits per heavy atom. The molecule has 6 heteroatoms. The summed E-state index contributed by atoms with van der Waals surface area (Å²) in [7, 11) is 1.59. The van der Waals surface area contributed by atoms with Crippen LogP contribution in [0.3, 0.4) is 0 Å². The van der Waals surface area contributed by atoms with Crippen molar-refractivity contribution in [3.8, 4) is 5.75 Å². The average Bonchev–Trinajstić information content (AvgIpc) is 2.54. The highest BCUT2D eigenvalue weighted by Crippen LogP contribution is 2.26. The molecule has 3 rings (SSSR count). The molecule has 0 radical (unpaired) electrons. The Morgan fingerprint density at radius 1 is 1.18 bits per heavy atom. The number of rotatable bonds is 3. The summed E-state index contributed by atoms with van der Waals surface area (Å²) in [5.41, 5.74) is 8.24. The Bertz CT molecular complexity index is 698. The highest BCUT2D eigenvalue weighted by atomic mass is 16.5. The lowest BCUT2D eigenvalue weighted by molar-refractivity contribution is 0.102. The van der Waals surface area contributed by atoms with Gasteiger partial charge in [-0.25, -0.2) is 4.98 Å². The van der Waals surface area contributed by atoms with Crippen LogP contribution >= 0.6 is 0 Å². The van der Waals surface area contributed by atoms with Gasteiger partial charge in [0.05, 0.1) is 12.8 Å². The van der Waals surface area contributed by atoms with Gasteiger partial charge in [-0.2, -0.15) is 4.98 Å². The summed E-state index contributed by atoms with van der Waals surface area (Å²) in [4.78, 5) is 20.8. The van der Waals surface area contributed by atoms with Crippen LogP contribution in [0.5, 0.6) is 5.75 Å². The number of amides is 1. The van der Waals surface area contributed by atoms with Gasteiger partial charge in [0.25, 0.3) is 5.91 Å². The van der Waals surface area contributed by atoms with Crippen LogP contribution in [0, 0.1) is 0 Å². The fourth-order valence-electron chi connectivity index (χ4n) is 2.64. The van der Waals surface area contributed by atoms with E-state index in [1.54, 1.807) is 31.4 Å². The summed E-state index contributed by atoms with van der Waals surface area (Å²) < 4.78 is 5.09. The van der Waals surface area contributed by atoms with Crippen molar-refractivity contribution >= 4 is 17.7 Å². The van der Waals surface area contributed by atoms with E-state index < -0.39 is 0 Å². The van der Waals surface area contributed by atoms with Crippen molar-refractivity contribution in [2.24, 2.45) is 0 Å². The van der Waals surface area contributed by atoms with Gasteiger partial charge >= 0.3 is 0 Å². The minimum absolute atomic E-state index is 0.200. The molecule has 114 valence electrons. The van der Waals surface area contributed by atoms with Gasteiger partial charge in [0.1, 0.15) is 11.6 Å². The molecule has 22 heavy (non-hydrogen) atoms. The quantitative estimate of drug-likeness (QED) is 0.906. The number of nitrogen functional groups attached to an aromatic ring is 1. The van der Waals surface area contributed by atoms with E-state index in [1.807, 2.05) is 0 Å². The summed E-state index contributed by atoms with van der Waals surface area (Å²) in [6.07, 6.45) is 3.92. The van der Waals surface area contributed by atoms with Crippen LogP contribution in [-0.2, 0) is 12.8 Å². The summed E-state index contributed by atoms with van der Waals surface area (Å²) in [6.45, 7) is 0. The Kier molecular flexibility index (Phi) is 3.91. The number of nitrogens with one attached hydrogen (secondary N) is 1. The minimum Gasteiger partial charge on any atom is -0.497 e. The van der Waals surface area contributed by atoms with Gasteiger partial charge < -0.3 is 15.8 Å². The molecule has 1 heterocycles. The van der Waals surface area contributed by atoms with Crippen LogP contribution in [-0.4, -0.2) is 23.0 Å². The molecular formula is C16H18N4O2. The molecule has 0 spiro atoms. The molecule has 1 aliphatic carbocycles. The molecule has 1 aromatic carbocycles. The number of hydrogen-bond acceptors (Lipinski definition) is 5. The molecule has 1 aromatic heterocycles. The lowest BCUT2D eigenvalue weighted by Crippen LogP contribution is -2.19. The first kappa shape index (κ1) is 14.3. The van der Waals surface area contributed by atoms with Crippen molar-refractivity contribution in [3.05, 3.63) is 41.1 Å². The fraction of sp³-hybridized carbons (Fsp3) is 0.312. The maximum absolute atomic E-state index is 12.4. The number of fused-ring (bicyclic) bond motifs is 1. The van der Waals surface area contributed by atoms with Crippen molar-refractivity contribution in [1.82, 2.24) is 9.97 Å². The van der Waals surface area contributed by atoms with Crippen molar-refractivity contribution in [1.29, 1.82) is 0 Å². The van der Waals surface area contributed by atoms with E-state index in [9.17, 15) is 4.79 Å². The molecule has 0 bridgehead atoms. The molecule has 0 atom stereocenters. The van der Waals surface area contributed by atoms with E-state index in [-0.39, 0.29) is 11.9 Å². The number of nitrogens with zero attached hydrogens (tertiary/aromatic N) is 2. The fourth-order valence-corrected chi connectivity index (χ4v) is 2.64. The number of benzene rings is 1. The van der Waals surface area contributed by atoms with Crippen molar-refractivity contribution < 1.29 is 9.53 Å². The van der Waals surface area contributed by atoms with E-state index in [4.69, 9.17) is 10.5 Å². The summed E-state index contributed by atoms with van der Waals surface area (Å²) in [5.74, 6) is 1.22. The lowest BCUT2D eigenvalue weighted by atomic mass is 9.96. The van der Waals surface area contributed by atoms with E-state index in [2.05, 4.69) is 15.3 Å². The zero-order chi connectivity index (χ0) is 15.5. The molecule has 6 nitrogen and oxygen atoms in total. The van der Waals surface area contributed by atoms with Crippen LogP contribution in [0.4, 0.5) is 11.8 Å². The van der Waals surface area contributed by atoms with Gasteiger partial charge in [-0.3, -0.25) is 4.79 Å². The van der Waals surface area contributed by atoms with Crippen molar-refractivity contribution in [3.63, 3.8) is 0 Å². The molecule has 1 amide bonds. The van der Waals surface area contributed by atoms with E-state index in [0.717, 1.165) is 36.9 Å². The summed E-state index contributed by atoms with van der Waals surface area (Å²) in [5, 5.41) is 2.85. The molecule has 0 unspecified atom stereocenters. The first-order valence-corrected chi connectivity index (χ1v) is 7.28. The zero-order valence-electron chi connectivity index (χ0n) is 12.4. The van der Waals surface area contributed by atoms with Crippen LogP contribution < -0.4 is 15.8 Å². The number of aromatic nitrogens is 2. The second-order valence-corrected chi connectivity index (χ2v) is 5.25. The molecule has 0 saturated heterocycles. The van der Waals surface area contributed by atoms with Gasteiger partial charge in [-0.15, -0.1) is 0 Å². The third-order valence-electron chi connectivity index (χ3n) is 3.78. The smallest absolute Gasteiger partial charge is 0.256 e. The maximum Gasteiger partial charge on any atom is 0.256 e. The second-order valence-electron chi connectivity index (χ2n) is 5.25. The number of carbonyl (C=O) groups excluding carboxylic acids is 1. The zero-order valence-corrected chi connectivity index (χ0v) is 12.4. The minimum atomic E-state index is -0.214.